The molecule has 0 spiro atoms. The number of piperidine rings is 1. The molecule has 15 heavy (non-hydrogen) atoms. The smallest absolute Gasteiger partial charge is 0.109 e. The van der Waals surface area contributed by atoms with E-state index < -0.39 is 0 Å². The second-order valence-corrected chi connectivity index (χ2v) is 5.60. The highest BCUT2D eigenvalue weighted by Crippen LogP contribution is 2.46. The normalized spacial score (nSPS) is 37.3. The van der Waals surface area contributed by atoms with Crippen molar-refractivity contribution in [3.63, 3.8) is 0 Å². The van der Waals surface area contributed by atoms with Crippen molar-refractivity contribution in [2.24, 2.45) is 11.8 Å². The summed E-state index contributed by atoms with van der Waals surface area (Å²) in [6.07, 6.45) is 6.15. The Hall–Kier alpha value is -0.550. The molecule has 2 aliphatic rings. The number of likely N-dealkylation sites (tertiary alicyclic amines) is 1. The molecule has 0 unspecified atom stereocenters. The Morgan fingerprint density at radius 3 is 2.27 bits per heavy atom. The number of nitrogens with zero attached hydrogens (tertiary/aromatic N) is 2. The molecule has 84 valence electrons. The maximum Gasteiger partial charge on any atom is 0.109 e. The number of hydrogen-bond donors (Lipinski definition) is 0. The third kappa shape index (κ3) is 1.90. The fraction of sp³-hybridized carbons (Fsp3) is 0.923. The topological polar surface area (TPSA) is 27.0 Å². The molecule has 0 bridgehead atoms. The average molecular weight is 206 g/mol. The quantitative estimate of drug-likeness (QED) is 0.694. The molecular weight excluding hydrogens is 184 g/mol. The van der Waals surface area contributed by atoms with E-state index in [2.05, 4.69) is 24.8 Å². The van der Waals surface area contributed by atoms with Crippen molar-refractivity contribution < 1.29 is 0 Å². The van der Waals surface area contributed by atoms with Crippen LogP contribution in [0.4, 0.5) is 0 Å². The van der Waals surface area contributed by atoms with Gasteiger partial charge in [-0.1, -0.05) is 20.3 Å². The summed E-state index contributed by atoms with van der Waals surface area (Å²) in [5.41, 5.74) is -0.0741. The van der Waals surface area contributed by atoms with Crippen molar-refractivity contribution in [3.8, 4) is 6.07 Å². The molecule has 0 aromatic carbocycles. The summed E-state index contributed by atoms with van der Waals surface area (Å²) >= 11 is 0. The fourth-order valence-electron chi connectivity index (χ4n) is 3.02. The van der Waals surface area contributed by atoms with E-state index in [1.54, 1.807) is 0 Å². The van der Waals surface area contributed by atoms with E-state index in [1.165, 1.54) is 19.3 Å². The van der Waals surface area contributed by atoms with E-state index in [0.717, 1.165) is 37.8 Å². The van der Waals surface area contributed by atoms with Crippen molar-refractivity contribution >= 4 is 0 Å². The first-order valence-corrected chi connectivity index (χ1v) is 6.34. The first-order chi connectivity index (χ1) is 7.18. The molecule has 2 rings (SSSR count). The lowest BCUT2D eigenvalue weighted by Crippen LogP contribution is -2.58. The summed E-state index contributed by atoms with van der Waals surface area (Å²) in [6, 6.07) is 2.60. The van der Waals surface area contributed by atoms with Gasteiger partial charge >= 0.3 is 0 Å². The molecule has 0 aromatic rings. The van der Waals surface area contributed by atoms with Gasteiger partial charge < -0.3 is 0 Å². The third-order valence-electron chi connectivity index (χ3n) is 4.31. The predicted molar refractivity (Wildman–Crippen MR) is 61.3 cm³/mol. The fourth-order valence-corrected chi connectivity index (χ4v) is 3.02. The van der Waals surface area contributed by atoms with Gasteiger partial charge in [0.1, 0.15) is 5.54 Å². The molecule has 2 heteroatoms. The highest BCUT2D eigenvalue weighted by Gasteiger charge is 2.49. The van der Waals surface area contributed by atoms with Crippen LogP contribution in [0, 0.1) is 23.2 Å². The summed E-state index contributed by atoms with van der Waals surface area (Å²) < 4.78 is 0. The summed E-state index contributed by atoms with van der Waals surface area (Å²) in [4.78, 5) is 2.45. The van der Waals surface area contributed by atoms with Crippen LogP contribution < -0.4 is 0 Å². The van der Waals surface area contributed by atoms with Crippen molar-refractivity contribution in [1.29, 1.82) is 5.26 Å². The van der Waals surface area contributed by atoms with Gasteiger partial charge in [0, 0.05) is 0 Å². The van der Waals surface area contributed by atoms with Crippen molar-refractivity contribution in [2.75, 3.05) is 13.1 Å². The van der Waals surface area contributed by atoms with Crippen LogP contribution in [0.15, 0.2) is 0 Å². The maximum atomic E-state index is 9.40. The van der Waals surface area contributed by atoms with Crippen LogP contribution in [-0.4, -0.2) is 23.5 Å². The van der Waals surface area contributed by atoms with Crippen LogP contribution in [0.1, 0.15) is 46.0 Å². The van der Waals surface area contributed by atoms with Gasteiger partial charge in [-0.3, -0.25) is 4.90 Å². The van der Waals surface area contributed by atoms with E-state index in [9.17, 15) is 5.26 Å². The molecule has 0 aromatic heterocycles. The van der Waals surface area contributed by atoms with Crippen molar-refractivity contribution in [1.82, 2.24) is 4.90 Å². The molecule has 0 N–H and O–H groups in total. The predicted octanol–water partition coefficient (Wildman–Crippen LogP) is 2.80. The lowest BCUT2D eigenvalue weighted by Gasteiger charge is -2.52. The molecule has 0 radical (unpaired) electrons. The first-order valence-electron chi connectivity index (χ1n) is 6.34. The van der Waals surface area contributed by atoms with Gasteiger partial charge in [-0.15, -0.1) is 0 Å². The monoisotopic (exact) mass is 206 g/mol. The molecule has 1 saturated carbocycles. The summed E-state index contributed by atoms with van der Waals surface area (Å²) in [6.45, 7) is 6.86. The zero-order chi connectivity index (χ0) is 10.9. The maximum absolute atomic E-state index is 9.40. The minimum Gasteiger partial charge on any atom is -0.286 e. The lowest BCUT2D eigenvalue weighted by atomic mass is 9.63. The average Bonchev–Trinajstić information content (AvgIpc) is 2.18. The molecule has 0 atom stereocenters. The summed E-state index contributed by atoms with van der Waals surface area (Å²) in [5.74, 6) is 1.53. The molecule has 1 heterocycles. The Bertz CT molecular complexity index is 252. The van der Waals surface area contributed by atoms with E-state index in [-0.39, 0.29) is 5.54 Å². The number of rotatable bonds is 2. The Labute approximate surface area is 93.3 Å². The molecule has 2 nitrogen and oxygen atoms in total. The first kappa shape index (κ1) is 11.0. The Morgan fingerprint density at radius 1 is 1.20 bits per heavy atom. The molecule has 1 aliphatic heterocycles. The summed E-state index contributed by atoms with van der Waals surface area (Å²) in [7, 11) is 0. The number of nitriles is 1. The lowest BCUT2D eigenvalue weighted by molar-refractivity contribution is -0.00997. The van der Waals surface area contributed by atoms with Crippen LogP contribution in [0.3, 0.4) is 0 Å². The summed E-state index contributed by atoms with van der Waals surface area (Å²) in [5, 5.41) is 9.40. The van der Waals surface area contributed by atoms with Crippen LogP contribution in [-0.2, 0) is 0 Å². The van der Waals surface area contributed by atoms with Crippen LogP contribution >= 0.6 is 0 Å². The third-order valence-corrected chi connectivity index (χ3v) is 4.31. The van der Waals surface area contributed by atoms with Crippen molar-refractivity contribution in [2.45, 2.75) is 51.5 Å². The van der Waals surface area contributed by atoms with Gasteiger partial charge in [-0.05, 0) is 50.6 Å². The van der Waals surface area contributed by atoms with Crippen LogP contribution in [0.25, 0.3) is 0 Å². The van der Waals surface area contributed by atoms with Gasteiger partial charge in [-0.2, -0.15) is 5.26 Å². The molecule has 0 amide bonds. The minimum absolute atomic E-state index is 0.0741. The van der Waals surface area contributed by atoms with Crippen LogP contribution in [0.2, 0.25) is 0 Å². The Kier molecular flexibility index (Phi) is 3.02. The SMILES string of the molecule is CC(C)C1CC(C#N)(N2CCCCC2)C1. The highest BCUT2D eigenvalue weighted by molar-refractivity contribution is 5.17. The van der Waals surface area contributed by atoms with Gasteiger partial charge in [0.2, 0.25) is 0 Å². The number of hydrogen-bond acceptors (Lipinski definition) is 2. The highest BCUT2D eigenvalue weighted by atomic mass is 15.2. The van der Waals surface area contributed by atoms with Gasteiger partial charge in [0.15, 0.2) is 0 Å². The van der Waals surface area contributed by atoms with Crippen LogP contribution in [0.5, 0.6) is 0 Å². The largest absolute Gasteiger partial charge is 0.286 e. The van der Waals surface area contributed by atoms with Crippen molar-refractivity contribution in [3.05, 3.63) is 0 Å². The van der Waals surface area contributed by atoms with E-state index >= 15 is 0 Å². The molecule has 1 saturated heterocycles. The zero-order valence-electron chi connectivity index (χ0n) is 10.00. The van der Waals surface area contributed by atoms with E-state index in [4.69, 9.17) is 0 Å². The Morgan fingerprint density at radius 2 is 1.80 bits per heavy atom. The molecule has 1 aliphatic carbocycles. The standard InChI is InChI=1S/C13H22N2/c1-11(2)12-8-13(9-12,10-14)15-6-4-3-5-7-15/h11-12H,3-9H2,1-2H3. The van der Waals surface area contributed by atoms with E-state index in [0.29, 0.717) is 0 Å². The Balaban J connectivity index is 1.97. The van der Waals surface area contributed by atoms with Gasteiger partial charge in [-0.25, -0.2) is 0 Å². The second-order valence-electron chi connectivity index (χ2n) is 5.60. The second kappa shape index (κ2) is 4.14. The minimum atomic E-state index is -0.0741. The molecule has 2 fully saturated rings. The van der Waals surface area contributed by atoms with Gasteiger partial charge in [0.25, 0.3) is 0 Å². The van der Waals surface area contributed by atoms with E-state index in [1.807, 2.05) is 0 Å². The van der Waals surface area contributed by atoms with Gasteiger partial charge in [0.05, 0.1) is 6.07 Å². The molecular formula is C13H22N2. The zero-order valence-corrected chi connectivity index (χ0v) is 10.00.